The Balaban J connectivity index is 1.90. The Bertz CT molecular complexity index is 599. The average Bonchev–Trinajstić information content (AvgIpc) is 2.56. The lowest BCUT2D eigenvalue weighted by atomic mass is 10.1. The minimum atomic E-state index is -0.512. The molecule has 0 aliphatic heterocycles. The molecule has 0 aliphatic rings. The van der Waals surface area contributed by atoms with Crippen LogP contribution in [0.4, 0.5) is 0 Å². The van der Waals surface area contributed by atoms with E-state index < -0.39 is 6.10 Å². The van der Waals surface area contributed by atoms with Gasteiger partial charge >= 0.3 is 0 Å². The van der Waals surface area contributed by atoms with Crippen LogP contribution in [0.3, 0.4) is 0 Å². The van der Waals surface area contributed by atoms with Crippen molar-refractivity contribution in [2.24, 2.45) is 0 Å². The topological polar surface area (TPSA) is 50.7 Å². The van der Waals surface area contributed by atoms with E-state index in [1.807, 2.05) is 62.4 Å². The van der Waals surface area contributed by atoms with Gasteiger partial charge in [-0.05, 0) is 37.1 Å². The predicted octanol–water partition coefficient (Wildman–Crippen LogP) is 3.31. The van der Waals surface area contributed by atoms with Crippen molar-refractivity contribution in [1.82, 2.24) is 5.32 Å². The molecule has 1 atom stereocenters. The van der Waals surface area contributed by atoms with E-state index in [1.165, 1.54) is 0 Å². The minimum Gasteiger partial charge on any atom is -0.493 e. The van der Waals surface area contributed by atoms with Crippen LogP contribution in [0.1, 0.15) is 31.1 Å². The zero-order chi connectivity index (χ0) is 16.7. The molecule has 0 unspecified atom stereocenters. The first-order valence-corrected chi connectivity index (χ1v) is 7.87. The van der Waals surface area contributed by atoms with Gasteiger partial charge in [0.05, 0.1) is 19.3 Å². The second-order valence-electron chi connectivity index (χ2n) is 5.71. The van der Waals surface area contributed by atoms with Gasteiger partial charge in [0.2, 0.25) is 0 Å². The highest BCUT2D eigenvalue weighted by atomic mass is 16.5. The summed E-state index contributed by atoms with van der Waals surface area (Å²) in [5.74, 6) is 1.47. The van der Waals surface area contributed by atoms with Crippen LogP contribution in [0.15, 0.2) is 48.5 Å². The van der Waals surface area contributed by atoms with Crippen LogP contribution in [0.2, 0.25) is 0 Å². The number of ether oxygens (including phenoxy) is 2. The van der Waals surface area contributed by atoms with Crippen molar-refractivity contribution in [1.29, 1.82) is 0 Å². The van der Waals surface area contributed by atoms with E-state index in [-0.39, 0.29) is 6.10 Å². The predicted molar refractivity (Wildman–Crippen MR) is 91.9 cm³/mol. The van der Waals surface area contributed by atoms with Crippen molar-refractivity contribution < 1.29 is 14.6 Å². The highest BCUT2D eigenvalue weighted by Crippen LogP contribution is 2.29. The Morgan fingerprint density at radius 2 is 1.78 bits per heavy atom. The summed E-state index contributed by atoms with van der Waals surface area (Å²) in [6.07, 6.45) is -0.407. The summed E-state index contributed by atoms with van der Waals surface area (Å²) in [4.78, 5) is 0. The molecule has 0 spiro atoms. The van der Waals surface area contributed by atoms with Gasteiger partial charge in [-0.2, -0.15) is 0 Å². The van der Waals surface area contributed by atoms with E-state index in [0.717, 1.165) is 22.6 Å². The largest absolute Gasteiger partial charge is 0.493 e. The van der Waals surface area contributed by atoms with Crippen LogP contribution in [0, 0.1) is 0 Å². The fourth-order valence-electron chi connectivity index (χ4n) is 2.32. The number of benzene rings is 2. The summed E-state index contributed by atoms with van der Waals surface area (Å²) in [7, 11) is 1.64. The molecule has 2 N–H and O–H groups in total. The molecule has 0 aliphatic carbocycles. The molecule has 4 heteroatoms. The molecule has 0 saturated heterocycles. The molecule has 0 amide bonds. The van der Waals surface area contributed by atoms with Gasteiger partial charge < -0.3 is 19.9 Å². The zero-order valence-corrected chi connectivity index (χ0v) is 14.0. The van der Waals surface area contributed by atoms with Crippen LogP contribution in [0.25, 0.3) is 0 Å². The second-order valence-corrected chi connectivity index (χ2v) is 5.71. The quantitative estimate of drug-likeness (QED) is 0.785. The second kappa shape index (κ2) is 8.56. The van der Waals surface area contributed by atoms with Crippen molar-refractivity contribution in [2.45, 2.75) is 32.6 Å². The molecule has 0 bridgehead atoms. The molecule has 4 nitrogen and oxygen atoms in total. The Hall–Kier alpha value is -2.04. The third kappa shape index (κ3) is 5.27. The van der Waals surface area contributed by atoms with Crippen molar-refractivity contribution >= 4 is 0 Å². The molecule has 0 aromatic heterocycles. The smallest absolute Gasteiger partial charge is 0.161 e. The Morgan fingerprint density at radius 1 is 1.04 bits per heavy atom. The Morgan fingerprint density at radius 3 is 2.43 bits per heavy atom. The minimum absolute atomic E-state index is 0.105. The lowest BCUT2D eigenvalue weighted by molar-refractivity contribution is 0.174. The molecule has 2 aromatic rings. The number of nitrogens with one attached hydrogen (secondary N) is 1. The van der Waals surface area contributed by atoms with Crippen molar-refractivity contribution in [3.63, 3.8) is 0 Å². The van der Waals surface area contributed by atoms with Gasteiger partial charge in [-0.1, -0.05) is 36.4 Å². The summed E-state index contributed by atoms with van der Waals surface area (Å²) in [6.45, 7) is 5.12. The van der Waals surface area contributed by atoms with Gasteiger partial charge in [0, 0.05) is 13.1 Å². The van der Waals surface area contributed by atoms with E-state index in [1.54, 1.807) is 7.11 Å². The average molecular weight is 315 g/mol. The molecular formula is C19H25NO3. The Labute approximate surface area is 138 Å². The molecule has 0 radical (unpaired) electrons. The van der Waals surface area contributed by atoms with Gasteiger partial charge in [0.15, 0.2) is 11.5 Å². The summed E-state index contributed by atoms with van der Waals surface area (Å²) >= 11 is 0. The molecule has 0 heterocycles. The van der Waals surface area contributed by atoms with Crippen molar-refractivity contribution in [2.75, 3.05) is 13.7 Å². The first-order valence-electron chi connectivity index (χ1n) is 7.87. The Kier molecular flexibility index (Phi) is 6.44. The van der Waals surface area contributed by atoms with E-state index in [0.29, 0.717) is 13.1 Å². The lowest BCUT2D eigenvalue weighted by Gasteiger charge is -2.15. The van der Waals surface area contributed by atoms with Gasteiger partial charge in [-0.25, -0.2) is 0 Å². The number of aliphatic hydroxyl groups excluding tert-OH is 1. The first-order chi connectivity index (χ1) is 11.1. The summed E-state index contributed by atoms with van der Waals surface area (Å²) in [5, 5.41) is 13.4. The van der Waals surface area contributed by atoms with E-state index in [4.69, 9.17) is 9.47 Å². The standard InChI is InChI=1S/C19H25NO3/c1-14(2)23-18-10-9-15(11-19(18)22-3)12-20-13-17(21)16-7-5-4-6-8-16/h4-11,14,17,20-21H,12-13H2,1-3H3/t17-/m0/s1. The fraction of sp³-hybridized carbons (Fsp3) is 0.368. The van der Waals surface area contributed by atoms with Gasteiger partial charge in [-0.3, -0.25) is 0 Å². The van der Waals surface area contributed by atoms with Gasteiger partial charge in [0.25, 0.3) is 0 Å². The molecule has 2 aromatic carbocycles. The fourth-order valence-corrected chi connectivity index (χ4v) is 2.32. The highest BCUT2D eigenvalue weighted by Gasteiger charge is 2.09. The first kappa shape index (κ1) is 17.3. The molecule has 124 valence electrons. The third-order valence-electron chi connectivity index (χ3n) is 3.44. The number of methoxy groups -OCH3 is 1. The van der Waals surface area contributed by atoms with E-state index in [9.17, 15) is 5.11 Å². The maximum Gasteiger partial charge on any atom is 0.161 e. The number of hydrogen-bond donors (Lipinski definition) is 2. The highest BCUT2D eigenvalue weighted by molar-refractivity contribution is 5.43. The van der Waals surface area contributed by atoms with Crippen LogP contribution >= 0.6 is 0 Å². The third-order valence-corrected chi connectivity index (χ3v) is 3.44. The summed E-state index contributed by atoms with van der Waals surface area (Å²) in [5.41, 5.74) is 2.00. The van der Waals surface area contributed by atoms with Crippen LogP contribution < -0.4 is 14.8 Å². The normalized spacial score (nSPS) is 12.2. The molecule has 23 heavy (non-hydrogen) atoms. The van der Waals surface area contributed by atoms with Crippen LogP contribution in [-0.2, 0) is 6.54 Å². The molecule has 0 saturated carbocycles. The van der Waals surface area contributed by atoms with Gasteiger partial charge in [-0.15, -0.1) is 0 Å². The monoisotopic (exact) mass is 315 g/mol. The molecule has 0 fully saturated rings. The molecule has 2 rings (SSSR count). The van der Waals surface area contributed by atoms with Crippen molar-refractivity contribution in [3.05, 3.63) is 59.7 Å². The maximum atomic E-state index is 10.1. The number of aliphatic hydroxyl groups is 1. The molecular weight excluding hydrogens is 290 g/mol. The lowest BCUT2D eigenvalue weighted by Crippen LogP contribution is -2.21. The van der Waals surface area contributed by atoms with E-state index >= 15 is 0 Å². The summed E-state index contributed by atoms with van der Waals surface area (Å²) in [6, 6.07) is 15.5. The SMILES string of the molecule is COc1cc(CNC[C@H](O)c2ccccc2)ccc1OC(C)C. The number of rotatable bonds is 8. The van der Waals surface area contributed by atoms with Gasteiger partial charge in [0.1, 0.15) is 0 Å². The van der Waals surface area contributed by atoms with Crippen LogP contribution in [-0.4, -0.2) is 24.9 Å². The maximum absolute atomic E-state index is 10.1. The van der Waals surface area contributed by atoms with Crippen LogP contribution in [0.5, 0.6) is 11.5 Å². The summed E-state index contributed by atoms with van der Waals surface area (Å²) < 4.78 is 11.1. The number of hydrogen-bond acceptors (Lipinski definition) is 4. The van der Waals surface area contributed by atoms with E-state index in [2.05, 4.69) is 5.32 Å². The van der Waals surface area contributed by atoms with Crippen molar-refractivity contribution in [3.8, 4) is 11.5 Å². The zero-order valence-electron chi connectivity index (χ0n) is 14.0.